The molecule has 2 aromatic rings. The molecule has 2 aromatic heterocycles. The number of alkyl halides is 3. The van der Waals surface area contributed by atoms with Gasteiger partial charge in [0.15, 0.2) is 12.4 Å². The molecule has 0 aromatic carbocycles. The van der Waals surface area contributed by atoms with Crippen LogP contribution in [0.2, 0.25) is 0 Å². The van der Waals surface area contributed by atoms with Gasteiger partial charge in [-0.3, -0.25) is 9.69 Å². The first-order valence-electron chi connectivity index (χ1n) is 7.74. The van der Waals surface area contributed by atoms with Gasteiger partial charge in [0.05, 0.1) is 11.4 Å². The third kappa shape index (κ3) is 2.38. The summed E-state index contributed by atoms with van der Waals surface area (Å²) in [6, 6.07) is -0.231. The molecular formula is C15H15F3N4O2. The maximum absolute atomic E-state index is 13.2. The van der Waals surface area contributed by atoms with Crippen molar-refractivity contribution >= 4 is 11.7 Å². The molecular weight excluding hydrogens is 325 g/mol. The van der Waals surface area contributed by atoms with Crippen molar-refractivity contribution in [1.82, 2.24) is 14.8 Å². The largest absolute Gasteiger partial charge is 0.438 e. The van der Waals surface area contributed by atoms with Crippen LogP contribution in [0.1, 0.15) is 53.2 Å². The number of aromatic nitrogens is 3. The van der Waals surface area contributed by atoms with E-state index >= 15 is 0 Å². The van der Waals surface area contributed by atoms with Gasteiger partial charge in [0, 0.05) is 18.5 Å². The van der Waals surface area contributed by atoms with Gasteiger partial charge >= 0.3 is 6.18 Å². The number of carbonyl (C=O) groups is 1. The van der Waals surface area contributed by atoms with Crippen LogP contribution in [-0.4, -0.2) is 33.4 Å². The number of hydrogen-bond donors (Lipinski definition) is 0. The van der Waals surface area contributed by atoms with E-state index in [9.17, 15) is 18.0 Å². The number of amides is 1. The van der Waals surface area contributed by atoms with Crippen molar-refractivity contribution in [2.75, 3.05) is 11.4 Å². The van der Waals surface area contributed by atoms with Crippen LogP contribution in [0, 0.1) is 6.92 Å². The molecule has 1 amide bonds. The predicted octanol–water partition coefficient (Wildman–Crippen LogP) is 3.21. The van der Waals surface area contributed by atoms with Crippen LogP contribution in [-0.2, 0) is 0 Å². The van der Waals surface area contributed by atoms with E-state index in [1.54, 1.807) is 6.92 Å². The van der Waals surface area contributed by atoms with Crippen molar-refractivity contribution in [2.45, 2.75) is 44.3 Å². The Bertz CT molecular complexity index is 791. The molecule has 3 heterocycles. The van der Waals surface area contributed by atoms with Crippen LogP contribution in [0.4, 0.5) is 19.0 Å². The number of nitrogens with zero attached hydrogens (tertiary/aromatic N) is 4. The van der Waals surface area contributed by atoms with Gasteiger partial charge in [-0.25, -0.2) is 9.67 Å². The first-order valence-corrected chi connectivity index (χ1v) is 7.74. The Labute approximate surface area is 135 Å². The summed E-state index contributed by atoms with van der Waals surface area (Å²) in [5.74, 6) is 0.0100. The molecule has 1 saturated carbocycles. The first-order chi connectivity index (χ1) is 11.4. The molecule has 1 aliphatic heterocycles. The van der Waals surface area contributed by atoms with Crippen molar-refractivity contribution in [1.29, 1.82) is 0 Å². The first kappa shape index (κ1) is 15.2. The molecule has 9 heteroatoms. The third-order valence-corrected chi connectivity index (χ3v) is 4.41. The second-order valence-electron chi connectivity index (χ2n) is 6.23. The third-order valence-electron chi connectivity index (χ3n) is 4.41. The van der Waals surface area contributed by atoms with E-state index in [1.807, 2.05) is 0 Å². The SMILES string of the molecule is Cc1cc2n(n1)C(C(F)(F)F)CCN2C(=O)c1ocnc1C1CC1. The number of hydrogen-bond acceptors (Lipinski definition) is 4. The maximum Gasteiger partial charge on any atom is 0.410 e. The van der Waals surface area contributed by atoms with E-state index in [1.165, 1.54) is 17.4 Å². The predicted molar refractivity (Wildman–Crippen MR) is 76.8 cm³/mol. The number of fused-ring (bicyclic) bond motifs is 1. The lowest BCUT2D eigenvalue weighted by atomic mass is 10.1. The zero-order valence-electron chi connectivity index (χ0n) is 12.9. The van der Waals surface area contributed by atoms with E-state index < -0.39 is 18.1 Å². The molecule has 0 radical (unpaired) electrons. The number of halogens is 3. The fraction of sp³-hybridized carbons (Fsp3) is 0.533. The topological polar surface area (TPSA) is 64.2 Å². The van der Waals surface area contributed by atoms with Gasteiger partial charge < -0.3 is 4.42 Å². The van der Waals surface area contributed by atoms with E-state index in [0.717, 1.165) is 17.5 Å². The summed E-state index contributed by atoms with van der Waals surface area (Å²) in [6.07, 6.45) is -1.55. The number of oxazole rings is 1. The Kier molecular flexibility index (Phi) is 3.23. The van der Waals surface area contributed by atoms with Gasteiger partial charge in [-0.15, -0.1) is 0 Å². The smallest absolute Gasteiger partial charge is 0.410 e. The lowest BCUT2D eigenvalue weighted by Crippen LogP contribution is -2.43. The quantitative estimate of drug-likeness (QED) is 0.842. The molecule has 0 bridgehead atoms. The van der Waals surface area contributed by atoms with Crippen LogP contribution in [0.5, 0.6) is 0 Å². The fourth-order valence-corrected chi connectivity index (χ4v) is 3.12. The molecule has 4 rings (SSSR count). The lowest BCUT2D eigenvalue weighted by molar-refractivity contribution is -0.172. The Balaban J connectivity index is 1.71. The molecule has 1 fully saturated rings. The van der Waals surface area contributed by atoms with Gasteiger partial charge in [-0.05, 0) is 26.2 Å². The summed E-state index contributed by atoms with van der Waals surface area (Å²) < 4.78 is 45.8. The van der Waals surface area contributed by atoms with Gasteiger partial charge in [0.2, 0.25) is 5.76 Å². The van der Waals surface area contributed by atoms with E-state index in [2.05, 4.69) is 10.1 Å². The zero-order valence-corrected chi connectivity index (χ0v) is 12.9. The van der Waals surface area contributed by atoms with Gasteiger partial charge in [0.25, 0.3) is 5.91 Å². The Hall–Kier alpha value is -2.32. The zero-order chi connectivity index (χ0) is 17.1. The minimum absolute atomic E-state index is 0.0427. The molecule has 6 nitrogen and oxygen atoms in total. The average Bonchev–Trinajstić information content (AvgIpc) is 3.09. The maximum atomic E-state index is 13.2. The lowest BCUT2D eigenvalue weighted by Gasteiger charge is -2.33. The van der Waals surface area contributed by atoms with Crippen LogP contribution < -0.4 is 4.90 Å². The van der Waals surface area contributed by atoms with Crippen LogP contribution in [0.15, 0.2) is 16.9 Å². The van der Waals surface area contributed by atoms with Crippen LogP contribution in [0.25, 0.3) is 0 Å². The molecule has 128 valence electrons. The van der Waals surface area contributed by atoms with Crippen molar-refractivity contribution in [3.8, 4) is 0 Å². The van der Waals surface area contributed by atoms with Gasteiger partial charge in [0.1, 0.15) is 5.82 Å². The molecule has 24 heavy (non-hydrogen) atoms. The minimum Gasteiger partial charge on any atom is -0.438 e. The van der Waals surface area contributed by atoms with E-state index in [0.29, 0.717) is 11.4 Å². The van der Waals surface area contributed by atoms with Crippen molar-refractivity contribution < 1.29 is 22.4 Å². The highest BCUT2D eigenvalue weighted by molar-refractivity contribution is 6.04. The summed E-state index contributed by atoms with van der Waals surface area (Å²) in [5.41, 5.74) is 1.03. The monoisotopic (exact) mass is 340 g/mol. The molecule has 0 spiro atoms. The van der Waals surface area contributed by atoms with Crippen molar-refractivity contribution in [2.24, 2.45) is 0 Å². The average molecular weight is 340 g/mol. The highest BCUT2D eigenvalue weighted by Gasteiger charge is 2.47. The van der Waals surface area contributed by atoms with Crippen molar-refractivity contribution in [3.63, 3.8) is 0 Å². The number of carbonyl (C=O) groups excluding carboxylic acids is 1. The molecule has 1 aliphatic carbocycles. The number of aryl methyl sites for hydroxylation is 1. The second kappa shape index (κ2) is 5.09. The van der Waals surface area contributed by atoms with Crippen LogP contribution in [0.3, 0.4) is 0 Å². The van der Waals surface area contributed by atoms with Crippen molar-refractivity contribution in [3.05, 3.63) is 29.6 Å². The molecule has 0 N–H and O–H groups in total. The fourth-order valence-electron chi connectivity index (χ4n) is 3.12. The summed E-state index contributed by atoms with van der Waals surface area (Å²) >= 11 is 0. The normalized spacial score (nSPS) is 21.0. The Morgan fingerprint density at radius 1 is 1.33 bits per heavy atom. The summed E-state index contributed by atoms with van der Waals surface area (Å²) in [6.45, 7) is 1.56. The van der Waals surface area contributed by atoms with E-state index in [4.69, 9.17) is 4.42 Å². The van der Waals surface area contributed by atoms with E-state index in [-0.39, 0.29) is 30.5 Å². The summed E-state index contributed by atoms with van der Waals surface area (Å²) in [5, 5.41) is 3.94. The molecule has 1 atom stereocenters. The Morgan fingerprint density at radius 3 is 2.75 bits per heavy atom. The standard InChI is InChI=1S/C15H15F3N4O2/c1-8-6-11-21(5-4-10(15(16,17)18)22(11)20-8)14(23)13-12(9-2-3-9)19-7-24-13/h6-7,9-10H,2-5H2,1H3. The Morgan fingerprint density at radius 2 is 2.08 bits per heavy atom. The van der Waals surface area contributed by atoms with Gasteiger partial charge in [-0.2, -0.15) is 18.3 Å². The highest BCUT2D eigenvalue weighted by atomic mass is 19.4. The second-order valence-corrected chi connectivity index (χ2v) is 6.23. The molecule has 0 saturated heterocycles. The highest BCUT2D eigenvalue weighted by Crippen LogP contribution is 2.43. The molecule has 2 aliphatic rings. The summed E-state index contributed by atoms with van der Waals surface area (Å²) in [4.78, 5) is 18.2. The number of anilines is 1. The number of rotatable bonds is 2. The van der Waals surface area contributed by atoms with Crippen LogP contribution >= 0.6 is 0 Å². The molecule has 1 unspecified atom stereocenters. The van der Waals surface area contributed by atoms with Gasteiger partial charge in [-0.1, -0.05) is 0 Å². The summed E-state index contributed by atoms with van der Waals surface area (Å²) in [7, 11) is 0. The minimum atomic E-state index is -4.41.